The van der Waals surface area contributed by atoms with Gasteiger partial charge >= 0.3 is 0 Å². The molecule has 0 fully saturated rings. The number of anilines is 1. The molecule has 0 heterocycles. The molecule has 7 heteroatoms. The number of nitrogens with one attached hydrogen (secondary N) is 1. The summed E-state index contributed by atoms with van der Waals surface area (Å²) in [6.07, 6.45) is 0. The van der Waals surface area contributed by atoms with Crippen molar-refractivity contribution in [3.05, 3.63) is 58.9 Å². The highest BCUT2D eigenvalue weighted by Gasteiger charge is 2.16. The van der Waals surface area contributed by atoms with Gasteiger partial charge in [0.05, 0.1) is 16.1 Å². The number of halogens is 2. The van der Waals surface area contributed by atoms with Crippen molar-refractivity contribution in [3.63, 3.8) is 0 Å². The largest absolute Gasteiger partial charge is 0.278 e. The number of sulfonamides is 1. The summed E-state index contributed by atoms with van der Waals surface area (Å²) in [6.45, 7) is 0. The third-order valence-electron chi connectivity index (χ3n) is 2.45. The van der Waals surface area contributed by atoms with Crippen LogP contribution in [0.25, 0.3) is 0 Å². The highest BCUT2D eigenvalue weighted by molar-refractivity contribution is 7.92. The second-order valence-corrected chi connectivity index (χ2v) is 5.98. The van der Waals surface area contributed by atoms with Gasteiger partial charge in [-0.3, -0.25) is 4.72 Å². The quantitative estimate of drug-likeness (QED) is 0.946. The van der Waals surface area contributed by atoms with Gasteiger partial charge < -0.3 is 0 Å². The van der Waals surface area contributed by atoms with Crippen LogP contribution in [0.3, 0.4) is 0 Å². The molecule has 0 bridgehead atoms. The van der Waals surface area contributed by atoms with E-state index in [0.29, 0.717) is 0 Å². The van der Waals surface area contributed by atoms with Crippen LogP contribution in [0.4, 0.5) is 10.1 Å². The highest BCUT2D eigenvalue weighted by atomic mass is 35.5. The number of nitriles is 1. The molecule has 2 aromatic rings. The summed E-state index contributed by atoms with van der Waals surface area (Å²) in [5.41, 5.74) is -0.0931. The summed E-state index contributed by atoms with van der Waals surface area (Å²) in [7, 11) is -3.89. The Labute approximate surface area is 120 Å². The monoisotopic (exact) mass is 310 g/mol. The minimum Gasteiger partial charge on any atom is -0.278 e. The van der Waals surface area contributed by atoms with Crippen molar-refractivity contribution >= 4 is 27.3 Å². The summed E-state index contributed by atoms with van der Waals surface area (Å²) in [5.74, 6) is -0.618. The molecule has 2 rings (SSSR count). The molecule has 0 amide bonds. The number of nitrogens with zero attached hydrogens (tertiary/aromatic N) is 1. The molecule has 1 N–H and O–H groups in total. The Kier molecular flexibility index (Phi) is 3.93. The first-order chi connectivity index (χ1) is 9.42. The van der Waals surface area contributed by atoms with Crippen molar-refractivity contribution in [1.82, 2.24) is 0 Å². The fraction of sp³-hybridized carbons (Fsp3) is 0. The van der Waals surface area contributed by atoms with Gasteiger partial charge in [-0.05, 0) is 36.4 Å². The lowest BCUT2D eigenvalue weighted by Crippen LogP contribution is -2.13. The van der Waals surface area contributed by atoms with E-state index >= 15 is 0 Å². The van der Waals surface area contributed by atoms with Gasteiger partial charge in [-0.15, -0.1) is 0 Å². The second kappa shape index (κ2) is 5.49. The van der Waals surface area contributed by atoms with Gasteiger partial charge in [0.25, 0.3) is 10.0 Å². The maximum atomic E-state index is 13.0. The van der Waals surface area contributed by atoms with Crippen LogP contribution in [0.2, 0.25) is 5.02 Å². The van der Waals surface area contributed by atoms with Crippen LogP contribution >= 0.6 is 11.6 Å². The number of hydrogen-bond donors (Lipinski definition) is 1. The van der Waals surface area contributed by atoms with Crippen LogP contribution in [-0.4, -0.2) is 8.42 Å². The van der Waals surface area contributed by atoms with Gasteiger partial charge in [0.1, 0.15) is 11.9 Å². The SMILES string of the molecule is N#Cc1cc(F)ccc1NS(=O)(=O)c1cccc(Cl)c1. The normalized spacial score (nSPS) is 10.8. The van der Waals surface area contributed by atoms with Crippen molar-refractivity contribution in [3.8, 4) is 6.07 Å². The van der Waals surface area contributed by atoms with E-state index in [-0.39, 0.29) is 21.2 Å². The van der Waals surface area contributed by atoms with Crippen LogP contribution in [-0.2, 0) is 10.0 Å². The summed E-state index contributed by atoms with van der Waals surface area (Å²) in [4.78, 5) is -0.0433. The molecule has 0 unspecified atom stereocenters. The van der Waals surface area contributed by atoms with Gasteiger partial charge in [0, 0.05) is 5.02 Å². The van der Waals surface area contributed by atoms with E-state index in [4.69, 9.17) is 16.9 Å². The number of rotatable bonds is 3. The Morgan fingerprint density at radius 1 is 1.20 bits per heavy atom. The van der Waals surface area contributed by atoms with Crippen LogP contribution in [0.15, 0.2) is 47.4 Å². The lowest BCUT2D eigenvalue weighted by molar-refractivity contribution is 0.601. The highest BCUT2D eigenvalue weighted by Crippen LogP contribution is 2.22. The van der Waals surface area contributed by atoms with Crippen molar-refractivity contribution in [2.24, 2.45) is 0 Å². The molecule has 4 nitrogen and oxygen atoms in total. The molecule has 0 aliphatic heterocycles. The zero-order chi connectivity index (χ0) is 14.8. The second-order valence-electron chi connectivity index (χ2n) is 3.86. The third kappa shape index (κ3) is 3.07. The fourth-order valence-electron chi connectivity index (χ4n) is 1.54. The fourth-order valence-corrected chi connectivity index (χ4v) is 2.92. The summed E-state index contributed by atoms with van der Waals surface area (Å²) in [6, 6.07) is 10.6. The third-order valence-corrected chi connectivity index (χ3v) is 4.05. The van der Waals surface area contributed by atoms with Gasteiger partial charge in [-0.1, -0.05) is 17.7 Å². The Balaban J connectivity index is 2.42. The van der Waals surface area contributed by atoms with Crippen LogP contribution < -0.4 is 4.72 Å². The van der Waals surface area contributed by atoms with E-state index in [2.05, 4.69) is 4.72 Å². The molecule has 0 aliphatic carbocycles. The maximum Gasteiger partial charge on any atom is 0.261 e. The summed E-state index contributed by atoms with van der Waals surface area (Å²) in [5, 5.41) is 9.15. The maximum absolute atomic E-state index is 13.0. The molecule has 0 spiro atoms. The van der Waals surface area contributed by atoms with Crippen molar-refractivity contribution in [2.75, 3.05) is 4.72 Å². The predicted molar refractivity (Wildman–Crippen MR) is 73.4 cm³/mol. The minimum absolute atomic E-state index is 0.00822. The molecular weight excluding hydrogens is 303 g/mol. The molecule has 0 radical (unpaired) electrons. The first kappa shape index (κ1) is 14.3. The lowest BCUT2D eigenvalue weighted by atomic mass is 10.2. The van der Waals surface area contributed by atoms with E-state index in [1.54, 1.807) is 12.1 Å². The molecule has 0 saturated heterocycles. The summed E-state index contributed by atoms with van der Waals surface area (Å²) >= 11 is 5.74. The number of benzene rings is 2. The number of hydrogen-bond acceptors (Lipinski definition) is 3. The molecule has 20 heavy (non-hydrogen) atoms. The van der Waals surface area contributed by atoms with Gasteiger partial charge in [-0.2, -0.15) is 5.26 Å². The van der Waals surface area contributed by atoms with Crippen molar-refractivity contribution in [1.29, 1.82) is 5.26 Å². The predicted octanol–water partition coefficient (Wildman–Crippen LogP) is 3.15. The zero-order valence-electron chi connectivity index (χ0n) is 9.97. The van der Waals surface area contributed by atoms with Crippen molar-refractivity contribution < 1.29 is 12.8 Å². The Hall–Kier alpha value is -2.10. The van der Waals surface area contributed by atoms with E-state index in [1.165, 1.54) is 24.3 Å². The molecule has 102 valence electrons. The van der Waals surface area contributed by atoms with E-state index in [0.717, 1.165) is 12.1 Å². The molecule has 0 aromatic heterocycles. The average Bonchev–Trinajstić information content (AvgIpc) is 2.40. The van der Waals surface area contributed by atoms with E-state index < -0.39 is 15.8 Å². The van der Waals surface area contributed by atoms with Crippen LogP contribution in [0.5, 0.6) is 0 Å². The van der Waals surface area contributed by atoms with E-state index in [9.17, 15) is 12.8 Å². The first-order valence-electron chi connectivity index (χ1n) is 5.40. The first-order valence-corrected chi connectivity index (χ1v) is 7.26. The van der Waals surface area contributed by atoms with Crippen LogP contribution in [0.1, 0.15) is 5.56 Å². The molecule has 2 aromatic carbocycles. The summed E-state index contributed by atoms with van der Waals surface area (Å²) < 4.78 is 39.5. The zero-order valence-corrected chi connectivity index (χ0v) is 11.5. The Bertz CT molecular complexity index is 800. The van der Waals surface area contributed by atoms with Gasteiger partial charge in [0.2, 0.25) is 0 Å². The standard InChI is InChI=1S/C13H8ClFN2O2S/c14-10-2-1-3-12(7-10)20(18,19)17-13-5-4-11(15)6-9(13)8-16/h1-7,17H. The molecular formula is C13H8ClFN2O2S. The molecule has 0 atom stereocenters. The average molecular weight is 311 g/mol. The minimum atomic E-state index is -3.89. The molecule has 0 saturated carbocycles. The topological polar surface area (TPSA) is 70.0 Å². The smallest absolute Gasteiger partial charge is 0.261 e. The molecule has 0 aliphatic rings. The lowest BCUT2D eigenvalue weighted by Gasteiger charge is -2.09. The van der Waals surface area contributed by atoms with Gasteiger partial charge in [-0.25, -0.2) is 12.8 Å². The van der Waals surface area contributed by atoms with Crippen molar-refractivity contribution in [2.45, 2.75) is 4.90 Å². The van der Waals surface area contributed by atoms with Gasteiger partial charge in [0.15, 0.2) is 0 Å². The Morgan fingerprint density at radius 3 is 2.60 bits per heavy atom. The Morgan fingerprint density at radius 2 is 1.95 bits per heavy atom. The van der Waals surface area contributed by atoms with E-state index in [1.807, 2.05) is 0 Å². The van der Waals surface area contributed by atoms with Crippen LogP contribution in [0, 0.1) is 17.1 Å².